The van der Waals surface area contributed by atoms with Gasteiger partial charge in [-0.3, -0.25) is 14.1 Å². The van der Waals surface area contributed by atoms with Gasteiger partial charge in [-0.15, -0.1) is 0 Å². The van der Waals surface area contributed by atoms with Gasteiger partial charge in [-0.1, -0.05) is 18.2 Å². The van der Waals surface area contributed by atoms with Crippen LogP contribution in [0, 0.1) is 0 Å². The Kier molecular flexibility index (Phi) is 8.23. The van der Waals surface area contributed by atoms with Crippen molar-refractivity contribution in [1.82, 2.24) is 5.32 Å². The standard InChI is InChI=1S/C20H22N2O7S/c1-14(12-19(24)21-10-11-30(26,27)28)29-18-8-4-16(5-9-18)20(25)15-2-6-17(7-3-15)22-13-23/h2-6,8-9,14,17H,7,10-12H2,1H3,(H,21,24)(H,26,27,28). The van der Waals surface area contributed by atoms with Gasteiger partial charge >= 0.3 is 0 Å². The van der Waals surface area contributed by atoms with Gasteiger partial charge in [0.15, 0.2) is 5.78 Å². The van der Waals surface area contributed by atoms with Crippen molar-refractivity contribution in [3.05, 3.63) is 53.6 Å². The number of carbonyl (C=O) groups is 2. The van der Waals surface area contributed by atoms with Crippen molar-refractivity contribution in [2.45, 2.75) is 31.9 Å². The molecule has 0 heterocycles. The van der Waals surface area contributed by atoms with Gasteiger partial charge in [0.2, 0.25) is 12.0 Å². The molecule has 0 aromatic heterocycles. The molecule has 160 valence electrons. The summed E-state index contributed by atoms with van der Waals surface area (Å²) in [5.74, 6) is -0.665. The Morgan fingerprint density at radius 1 is 1.33 bits per heavy atom. The van der Waals surface area contributed by atoms with Crippen LogP contribution < -0.4 is 10.1 Å². The summed E-state index contributed by atoms with van der Waals surface area (Å²) in [6, 6.07) is 6.17. The normalized spacial score (nSPS) is 16.7. The summed E-state index contributed by atoms with van der Waals surface area (Å²) in [6.45, 7) is 1.49. The lowest BCUT2D eigenvalue weighted by Gasteiger charge is -2.15. The lowest BCUT2D eigenvalue weighted by molar-refractivity contribution is -0.122. The number of nitrogens with one attached hydrogen (secondary N) is 1. The van der Waals surface area contributed by atoms with E-state index < -0.39 is 27.9 Å². The fourth-order valence-corrected chi connectivity index (χ4v) is 3.08. The highest BCUT2D eigenvalue weighted by Crippen LogP contribution is 2.20. The molecule has 1 amide bonds. The number of carbonyl (C=O) groups excluding carboxylic acids is 3. The van der Waals surface area contributed by atoms with Crippen molar-refractivity contribution in [1.29, 1.82) is 0 Å². The zero-order chi connectivity index (χ0) is 22.1. The van der Waals surface area contributed by atoms with Crippen LogP contribution >= 0.6 is 0 Å². The molecule has 30 heavy (non-hydrogen) atoms. The topological polar surface area (TPSA) is 139 Å². The largest absolute Gasteiger partial charge is 0.490 e. The summed E-state index contributed by atoms with van der Waals surface area (Å²) in [6.07, 6.45) is 6.49. The Morgan fingerprint density at radius 2 is 2.03 bits per heavy atom. The lowest BCUT2D eigenvalue weighted by atomic mass is 9.96. The molecule has 0 fully saturated rings. The number of ketones is 1. The molecule has 9 nitrogen and oxygen atoms in total. The number of rotatable bonds is 10. The number of amides is 1. The van der Waals surface area contributed by atoms with Crippen LogP contribution in [0.5, 0.6) is 5.75 Å². The minimum absolute atomic E-state index is 0.00568. The molecule has 1 aliphatic carbocycles. The van der Waals surface area contributed by atoms with Crippen LogP contribution in [0.2, 0.25) is 0 Å². The van der Waals surface area contributed by atoms with Gasteiger partial charge in [-0.25, -0.2) is 4.79 Å². The Balaban J connectivity index is 1.85. The zero-order valence-electron chi connectivity index (χ0n) is 16.3. The quantitative estimate of drug-likeness (QED) is 0.247. The number of benzene rings is 1. The van der Waals surface area contributed by atoms with Gasteiger partial charge in [0, 0.05) is 17.7 Å². The van der Waals surface area contributed by atoms with Crippen molar-refractivity contribution in [3.8, 4) is 5.75 Å². The summed E-state index contributed by atoms with van der Waals surface area (Å²) in [5.41, 5.74) is 0.974. The van der Waals surface area contributed by atoms with Gasteiger partial charge in [0.25, 0.3) is 10.1 Å². The van der Waals surface area contributed by atoms with Crippen LogP contribution in [0.25, 0.3) is 0 Å². The van der Waals surface area contributed by atoms with E-state index in [1.165, 1.54) is 6.08 Å². The lowest BCUT2D eigenvalue weighted by Crippen LogP contribution is -2.32. The minimum atomic E-state index is -4.12. The molecule has 2 rings (SSSR count). The molecule has 0 radical (unpaired) electrons. The Morgan fingerprint density at radius 3 is 2.60 bits per heavy atom. The maximum atomic E-state index is 12.5. The van der Waals surface area contributed by atoms with Gasteiger partial charge < -0.3 is 10.1 Å². The molecular formula is C20H22N2O7S. The van der Waals surface area contributed by atoms with E-state index in [1.54, 1.807) is 49.4 Å². The van der Waals surface area contributed by atoms with Gasteiger partial charge in [0.1, 0.15) is 11.9 Å². The van der Waals surface area contributed by atoms with Crippen molar-refractivity contribution < 1.29 is 32.1 Å². The number of aliphatic imine (C=N–C) groups is 1. The Hall–Kier alpha value is -3.07. The molecule has 1 aliphatic rings. The molecule has 2 N–H and O–H groups in total. The second-order valence-electron chi connectivity index (χ2n) is 6.66. The number of hydrogen-bond donors (Lipinski definition) is 2. The van der Waals surface area contributed by atoms with Crippen molar-refractivity contribution >= 4 is 27.9 Å². The molecule has 0 bridgehead atoms. The first-order valence-corrected chi connectivity index (χ1v) is 10.8. The number of ether oxygens (including phenoxy) is 1. The van der Waals surface area contributed by atoms with E-state index in [0.29, 0.717) is 23.3 Å². The van der Waals surface area contributed by atoms with E-state index >= 15 is 0 Å². The maximum Gasteiger partial charge on any atom is 0.266 e. The van der Waals surface area contributed by atoms with Crippen molar-refractivity contribution in [2.24, 2.45) is 4.99 Å². The molecule has 0 aliphatic heterocycles. The second-order valence-corrected chi connectivity index (χ2v) is 8.24. The number of hydrogen-bond acceptors (Lipinski definition) is 7. The molecule has 10 heteroatoms. The number of allylic oxidation sites excluding steroid dienone is 2. The third-order valence-electron chi connectivity index (χ3n) is 4.17. The highest BCUT2D eigenvalue weighted by atomic mass is 32.2. The van der Waals surface area contributed by atoms with Crippen LogP contribution in [0.4, 0.5) is 0 Å². The van der Waals surface area contributed by atoms with E-state index in [9.17, 15) is 22.8 Å². The third-order valence-corrected chi connectivity index (χ3v) is 4.89. The van der Waals surface area contributed by atoms with Gasteiger partial charge in [-0.2, -0.15) is 13.4 Å². The molecule has 0 saturated carbocycles. The monoisotopic (exact) mass is 434 g/mol. The van der Waals surface area contributed by atoms with E-state index in [0.717, 1.165) is 0 Å². The number of nitrogens with zero attached hydrogens (tertiary/aromatic N) is 1. The number of Topliss-reactive ketones (excluding diaryl/α,β-unsaturated/α-hetero) is 1. The Labute approximate surface area is 174 Å². The summed E-state index contributed by atoms with van der Waals surface area (Å²) in [7, 11) is -4.12. The zero-order valence-corrected chi connectivity index (χ0v) is 17.1. The van der Waals surface area contributed by atoms with E-state index in [-0.39, 0.29) is 24.8 Å². The summed E-state index contributed by atoms with van der Waals surface area (Å²) in [4.78, 5) is 38.2. The third kappa shape index (κ3) is 7.75. The van der Waals surface area contributed by atoms with E-state index in [4.69, 9.17) is 9.29 Å². The van der Waals surface area contributed by atoms with Gasteiger partial charge in [-0.05, 0) is 37.6 Å². The molecule has 2 unspecified atom stereocenters. The van der Waals surface area contributed by atoms with Crippen LogP contribution in [0.1, 0.15) is 30.1 Å². The number of isocyanates is 1. The van der Waals surface area contributed by atoms with Crippen LogP contribution in [-0.2, 0) is 19.7 Å². The molecule has 1 aromatic rings. The van der Waals surface area contributed by atoms with Crippen LogP contribution in [-0.4, -0.2) is 55.2 Å². The highest BCUT2D eigenvalue weighted by Gasteiger charge is 2.16. The van der Waals surface area contributed by atoms with Crippen LogP contribution in [0.3, 0.4) is 0 Å². The van der Waals surface area contributed by atoms with Crippen molar-refractivity contribution in [3.63, 3.8) is 0 Å². The Bertz CT molecular complexity index is 990. The SMILES string of the molecule is CC(CC(=O)NCCS(=O)(=O)O)Oc1ccc(C(=O)C2=CCC(N=C=O)C=C2)cc1. The molecule has 2 atom stereocenters. The summed E-state index contributed by atoms with van der Waals surface area (Å²) >= 11 is 0. The second kappa shape index (κ2) is 10.6. The molecule has 0 spiro atoms. The fraction of sp³-hybridized carbons (Fsp3) is 0.350. The van der Waals surface area contributed by atoms with Crippen LogP contribution in [0.15, 0.2) is 53.1 Å². The van der Waals surface area contributed by atoms with E-state index in [1.807, 2.05) is 0 Å². The fourth-order valence-electron chi connectivity index (χ4n) is 2.72. The first-order valence-electron chi connectivity index (χ1n) is 9.16. The van der Waals surface area contributed by atoms with E-state index in [2.05, 4.69) is 10.3 Å². The predicted octanol–water partition coefficient (Wildman–Crippen LogP) is 1.62. The highest BCUT2D eigenvalue weighted by molar-refractivity contribution is 7.85. The molecule has 1 aromatic carbocycles. The first kappa shape index (κ1) is 23.2. The molecule has 0 saturated heterocycles. The minimum Gasteiger partial charge on any atom is -0.490 e. The average molecular weight is 434 g/mol. The smallest absolute Gasteiger partial charge is 0.266 e. The molecular weight excluding hydrogens is 412 g/mol. The predicted molar refractivity (Wildman–Crippen MR) is 109 cm³/mol. The average Bonchev–Trinajstić information content (AvgIpc) is 2.68. The summed E-state index contributed by atoms with van der Waals surface area (Å²) < 4.78 is 35.5. The first-order chi connectivity index (χ1) is 14.2. The van der Waals surface area contributed by atoms with Gasteiger partial charge in [0.05, 0.1) is 18.2 Å². The van der Waals surface area contributed by atoms with Crippen molar-refractivity contribution in [2.75, 3.05) is 12.3 Å². The maximum absolute atomic E-state index is 12.5. The summed E-state index contributed by atoms with van der Waals surface area (Å²) in [5, 5.41) is 2.38.